The lowest BCUT2D eigenvalue weighted by Gasteiger charge is -2.27. The fourth-order valence-electron chi connectivity index (χ4n) is 4.14. The number of Topliss-reactive ketones (excluding diaryl/α,β-unsaturated/α-hetero) is 1. The van der Waals surface area contributed by atoms with Gasteiger partial charge in [0.25, 0.3) is 5.91 Å². The molecule has 0 aromatic heterocycles. The van der Waals surface area contributed by atoms with Crippen LogP contribution in [0.2, 0.25) is 10.0 Å². The summed E-state index contributed by atoms with van der Waals surface area (Å²) in [6, 6.07) is 20.5. The Hall–Kier alpha value is -3.61. The lowest BCUT2D eigenvalue weighted by Crippen LogP contribution is -2.44. The summed E-state index contributed by atoms with van der Waals surface area (Å²) in [5.41, 5.74) is 0.0194. The molecule has 0 spiro atoms. The minimum Gasteiger partial charge on any atom is -0.369 e. The van der Waals surface area contributed by atoms with Crippen molar-refractivity contribution < 1.29 is 14.7 Å². The standard InChI is InChI=1S/C29H22Cl2N2O3/c1-19(34)21-8-6-20(7-9-21)12-13-29(36,18-28(14-15-28)24-4-2-3-5-25(24)30)27(35)33-23-11-10-22(17-32)26(31)16-23/h2-11,16,36H,14-15,18H2,1H3,(H,33,35). The lowest BCUT2D eigenvalue weighted by atomic mass is 9.82. The van der Waals surface area contributed by atoms with Crippen molar-refractivity contribution >= 4 is 40.6 Å². The topological polar surface area (TPSA) is 90.2 Å². The monoisotopic (exact) mass is 516 g/mol. The lowest BCUT2D eigenvalue weighted by molar-refractivity contribution is -0.129. The van der Waals surface area contributed by atoms with E-state index >= 15 is 0 Å². The van der Waals surface area contributed by atoms with Crippen LogP contribution in [0.25, 0.3) is 0 Å². The van der Waals surface area contributed by atoms with E-state index in [1.807, 2.05) is 24.3 Å². The van der Waals surface area contributed by atoms with E-state index in [4.69, 9.17) is 28.5 Å². The van der Waals surface area contributed by atoms with Crippen LogP contribution in [0.1, 0.15) is 53.2 Å². The highest BCUT2D eigenvalue weighted by atomic mass is 35.5. The van der Waals surface area contributed by atoms with E-state index in [1.165, 1.54) is 25.1 Å². The van der Waals surface area contributed by atoms with Gasteiger partial charge in [-0.1, -0.05) is 65.4 Å². The molecular weight excluding hydrogens is 495 g/mol. The molecule has 1 unspecified atom stereocenters. The minimum absolute atomic E-state index is 0.0398. The summed E-state index contributed by atoms with van der Waals surface area (Å²) in [6.45, 7) is 1.48. The van der Waals surface area contributed by atoms with Crippen molar-refractivity contribution in [3.05, 3.63) is 99.0 Å². The molecule has 7 heteroatoms. The third-order valence-electron chi connectivity index (χ3n) is 6.32. The molecule has 4 rings (SSSR count). The van der Waals surface area contributed by atoms with E-state index in [2.05, 4.69) is 17.2 Å². The molecule has 1 aliphatic carbocycles. The highest BCUT2D eigenvalue weighted by molar-refractivity contribution is 6.32. The second-order valence-electron chi connectivity index (χ2n) is 8.94. The zero-order valence-corrected chi connectivity index (χ0v) is 21.0. The number of amides is 1. The third kappa shape index (κ3) is 5.45. The van der Waals surface area contributed by atoms with E-state index < -0.39 is 16.9 Å². The van der Waals surface area contributed by atoms with Crippen molar-refractivity contribution in [1.82, 2.24) is 0 Å². The smallest absolute Gasteiger partial charge is 0.269 e. The number of ketones is 1. The summed E-state index contributed by atoms with van der Waals surface area (Å²) >= 11 is 12.6. The number of carbonyl (C=O) groups excluding carboxylic acids is 2. The van der Waals surface area contributed by atoms with Crippen LogP contribution in [0.15, 0.2) is 66.7 Å². The number of hydrogen-bond acceptors (Lipinski definition) is 4. The van der Waals surface area contributed by atoms with Crippen LogP contribution >= 0.6 is 23.2 Å². The van der Waals surface area contributed by atoms with Crippen molar-refractivity contribution in [3.8, 4) is 17.9 Å². The van der Waals surface area contributed by atoms with Crippen LogP contribution in [0.5, 0.6) is 0 Å². The van der Waals surface area contributed by atoms with E-state index in [0.29, 0.717) is 21.8 Å². The predicted octanol–water partition coefficient (Wildman–Crippen LogP) is 5.91. The predicted molar refractivity (Wildman–Crippen MR) is 140 cm³/mol. The quantitative estimate of drug-likeness (QED) is 0.314. The zero-order chi connectivity index (χ0) is 25.9. The molecule has 5 nitrogen and oxygen atoms in total. The molecule has 0 radical (unpaired) electrons. The molecule has 3 aromatic carbocycles. The van der Waals surface area contributed by atoms with Gasteiger partial charge in [0.15, 0.2) is 5.78 Å². The summed E-state index contributed by atoms with van der Waals surface area (Å²) in [7, 11) is 0. The number of nitriles is 1. The van der Waals surface area contributed by atoms with Crippen molar-refractivity contribution in [1.29, 1.82) is 5.26 Å². The van der Waals surface area contributed by atoms with Gasteiger partial charge in [-0.3, -0.25) is 9.59 Å². The van der Waals surface area contributed by atoms with Gasteiger partial charge in [-0.2, -0.15) is 5.26 Å². The van der Waals surface area contributed by atoms with Gasteiger partial charge in [-0.05, 0) is 61.7 Å². The molecule has 0 heterocycles. The number of hydrogen-bond donors (Lipinski definition) is 2. The molecule has 1 atom stereocenters. The van der Waals surface area contributed by atoms with Gasteiger partial charge in [0.05, 0.1) is 10.6 Å². The van der Waals surface area contributed by atoms with Crippen LogP contribution < -0.4 is 5.32 Å². The first-order chi connectivity index (χ1) is 17.2. The molecule has 1 aliphatic rings. The Kier molecular flexibility index (Phi) is 7.20. The number of nitrogens with one attached hydrogen (secondary N) is 1. The summed E-state index contributed by atoms with van der Waals surface area (Å²) in [5, 5.41) is 24.2. The van der Waals surface area contributed by atoms with Crippen LogP contribution in [-0.2, 0) is 10.2 Å². The molecule has 1 fully saturated rings. The molecule has 180 valence electrons. The Labute approximate surface area is 219 Å². The van der Waals surface area contributed by atoms with Crippen LogP contribution in [0.4, 0.5) is 5.69 Å². The molecule has 0 aliphatic heterocycles. The fraction of sp³-hybridized carbons (Fsp3) is 0.207. The molecular formula is C29H22Cl2N2O3. The van der Waals surface area contributed by atoms with Crippen molar-refractivity contribution in [3.63, 3.8) is 0 Å². The number of nitrogens with zero attached hydrogens (tertiary/aromatic N) is 1. The number of benzene rings is 3. The average molecular weight is 517 g/mol. The normalized spacial score (nSPS) is 15.0. The maximum atomic E-state index is 13.4. The minimum atomic E-state index is -2.06. The van der Waals surface area contributed by atoms with E-state index in [9.17, 15) is 14.7 Å². The molecule has 36 heavy (non-hydrogen) atoms. The zero-order valence-electron chi connectivity index (χ0n) is 19.4. The van der Waals surface area contributed by atoms with Crippen molar-refractivity contribution in [2.45, 2.75) is 37.2 Å². The molecule has 2 N–H and O–H groups in total. The molecule has 0 bridgehead atoms. The Morgan fingerprint density at radius 3 is 2.33 bits per heavy atom. The van der Waals surface area contributed by atoms with Crippen LogP contribution in [0, 0.1) is 23.2 Å². The fourth-order valence-corrected chi connectivity index (χ4v) is 4.70. The molecule has 1 amide bonds. The van der Waals surface area contributed by atoms with Crippen molar-refractivity contribution in [2.24, 2.45) is 0 Å². The maximum absolute atomic E-state index is 13.4. The Morgan fingerprint density at radius 2 is 1.75 bits per heavy atom. The number of halogens is 2. The average Bonchev–Trinajstić information content (AvgIpc) is 3.63. The number of aliphatic hydroxyl groups is 1. The van der Waals surface area contributed by atoms with Gasteiger partial charge in [0.1, 0.15) is 6.07 Å². The SMILES string of the molecule is CC(=O)c1ccc(C#CC(O)(CC2(c3ccccc3Cl)CC2)C(=O)Nc2ccc(C#N)c(Cl)c2)cc1. The Morgan fingerprint density at radius 1 is 1.06 bits per heavy atom. The summed E-state index contributed by atoms with van der Waals surface area (Å²) < 4.78 is 0. The number of anilines is 1. The number of carbonyl (C=O) groups is 2. The van der Waals surface area contributed by atoms with Gasteiger partial charge in [-0.25, -0.2) is 0 Å². The third-order valence-corrected chi connectivity index (χ3v) is 6.96. The summed E-state index contributed by atoms with van der Waals surface area (Å²) in [5.74, 6) is 4.89. The van der Waals surface area contributed by atoms with Crippen LogP contribution in [0.3, 0.4) is 0 Å². The van der Waals surface area contributed by atoms with E-state index in [1.54, 1.807) is 30.3 Å². The first-order valence-electron chi connectivity index (χ1n) is 11.3. The Bertz CT molecular complexity index is 1440. The second-order valence-corrected chi connectivity index (χ2v) is 9.76. The first kappa shape index (κ1) is 25.5. The van der Waals surface area contributed by atoms with Gasteiger partial charge in [0.2, 0.25) is 5.60 Å². The first-order valence-corrected chi connectivity index (χ1v) is 12.0. The highest BCUT2D eigenvalue weighted by Gasteiger charge is 2.53. The van der Waals surface area contributed by atoms with E-state index in [0.717, 1.165) is 18.4 Å². The molecule has 1 saturated carbocycles. The summed E-state index contributed by atoms with van der Waals surface area (Å²) in [6.07, 6.45) is 1.55. The molecule has 3 aromatic rings. The second kappa shape index (κ2) is 10.2. The largest absolute Gasteiger partial charge is 0.369 e. The van der Waals surface area contributed by atoms with Crippen LogP contribution in [-0.4, -0.2) is 22.4 Å². The van der Waals surface area contributed by atoms with Crippen molar-refractivity contribution in [2.75, 3.05) is 5.32 Å². The highest BCUT2D eigenvalue weighted by Crippen LogP contribution is 2.55. The Balaban J connectivity index is 1.69. The van der Waals surface area contributed by atoms with Gasteiger partial charge < -0.3 is 10.4 Å². The maximum Gasteiger partial charge on any atom is 0.269 e. The van der Waals surface area contributed by atoms with Gasteiger partial charge in [0, 0.05) is 33.7 Å². The number of rotatable bonds is 6. The molecule has 0 saturated heterocycles. The van der Waals surface area contributed by atoms with Gasteiger partial charge in [-0.15, -0.1) is 0 Å². The van der Waals surface area contributed by atoms with E-state index in [-0.39, 0.29) is 22.8 Å². The summed E-state index contributed by atoms with van der Waals surface area (Å²) in [4.78, 5) is 25.0. The van der Waals surface area contributed by atoms with Gasteiger partial charge >= 0.3 is 0 Å².